The maximum atomic E-state index is 12.2. The Balaban J connectivity index is 1.72. The predicted molar refractivity (Wildman–Crippen MR) is 98.6 cm³/mol. The third-order valence-corrected chi connectivity index (χ3v) is 4.99. The molecule has 2 N–H and O–H groups in total. The van der Waals surface area contributed by atoms with E-state index in [9.17, 15) is 4.79 Å². The standard InChI is InChI=1S/C20H16N4O2/c21-19(25)15-9-12-5-1-2-6-13(12)10-24(15)20-18-17(22-11-23-20)14-7-3-4-8-16(14)26-18/h1-8,11,15H,9-10H2,(H2,21,25)/t15-/m0/s1. The molecule has 3 heterocycles. The second kappa shape index (κ2) is 5.56. The smallest absolute Gasteiger partial charge is 0.240 e. The molecule has 0 spiro atoms. The van der Waals surface area contributed by atoms with E-state index >= 15 is 0 Å². The highest BCUT2D eigenvalue weighted by Gasteiger charge is 2.33. The van der Waals surface area contributed by atoms with Crippen molar-refractivity contribution in [2.24, 2.45) is 5.73 Å². The minimum absolute atomic E-state index is 0.373. The highest BCUT2D eigenvalue weighted by atomic mass is 16.3. The second-order valence-corrected chi connectivity index (χ2v) is 6.49. The summed E-state index contributed by atoms with van der Waals surface area (Å²) >= 11 is 0. The van der Waals surface area contributed by atoms with Crippen LogP contribution in [-0.4, -0.2) is 21.9 Å². The molecule has 1 aliphatic heterocycles. The fourth-order valence-electron chi connectivity index (χ4n) is 3.72. The van der Waals surface area contributed by atoms with Crippen molar-refractivity contribution >= 4 is 33.8 Å². The van der Waals surface area contributed by atoms with Gasteiger partial charge in [0.2, 0.25) is 5.91 Å². The third kappa shape index (κ3) is 2.15. The molecule has 0 bridgehead atoms. The number of benzene rings is 2. The third-order valence-electron chi connectivity index (χ3n) is 4.99. The Labute approximate surface area is 149 Å². The number of para-hydroxylation sites is 1. The zero-order chi connectivity index (χ0) is 17.7. The second-order valence-electron chi connectivity index (χ2n) is 6.49. The van der Waals surface area contributed by atoms with Gasteiger partial charge in [0.05, 0.1) is 0 Å². The highest BCUT2D eigenvalue weighted by Crippen LogP contribution is 2.35. The molecule has 0 aliphatic carbocycles. The van der Waals surface area contributed by atoms with Crippen LogP contribution < -0.4 is 10.6 Å². The molecule has 1 atom stereocenters. The van der Waals surface area contributed by atoms with E-state index < -0.39 is 6.04 Å². The van der Waals surface area contributed by atoms with Gasteiger partial charge in [0.1, 0.15) is 23.5 Å². The molecular formula is C20H16N4O2. The Kier molecular flexibility index (Phi) is 3.18. The van der Waals surface area contributed by atoms with Crippen molar-refractivity contribution in [2.45, 2.75) is 19.0 Å². The van der Waals surface area contributed by atoms with Crippen molar-refractivity contribution in [3.8, 4) is 0 Å². The number of amides is 1. The molecule has 0 radical (unpaired) electrons. The number of primary amides is 1. The topological polar surface area (TPSA) is 85.3 Å². The number of carbonyl (C=O) groups is 1. The largest absolute Gasteiger partial charge is 0.450 e. The molecule has 1 aliphatic rings. The van der Waals surface area contributed by atoms with Gasteiger partial charge in [-0.2, -0.15) is 0 Å². The molecule has 0 unspecified atom stereocenters. The summed E-state index contributed by atoms with van der Waals surface area (Å²) in [6.07, 6.45) is 2.06. The minimum atomic E-state index is -0.476. The lowest BCUT2D eigenvalue weighted by Crippen LogP contribution is -2.49. The van der Waals surface area contributed by atoms with Crippen LogP contribution >= 0.6 is 0 Å². The van der Waals surface area contributed by atoms with Gasteiger partial charge in [-0.3, -0.25) is 4.79 Å². The van der Waals surface area contributed by atoms with E-state index in [1.165, 1.54) is 6.33 Å². The number of nitrogens with zero attached hydrogens (tertiary/aromatic N) is 3. The van der Waals surface area contributed by atoms with Crippen LogP contribution in [0.1, 0.15) is 11.1 Å². The Morgan fingerprint density at radius 3 is 2.69 bits per heavy atom. The van der Waals surface area contributed by atoms with E-state index in [0.29, 0.717) is 24.4 Å². The number of hydrogen-bond donors (Lipinski definition) is 1. The molecule has 128 valence electrons. The predicted octanol–water partition coefficient (Wildman–Crippen LogP) is 2.79. The summed E-state index contributed by atoms with van der Waals surface area (Å²) in [4.78, 5) is 22.9. The minimum Gasteiger partial charge on any atom is -0.450 e. The van der Waals surface area contributed by atoms with Gasteiger partial charge in [0.25, 0.3) is 0 Å². The van der Waals surface area contributed by atoms with Crippen LogP contribution in [0.2, 0.25) is 0 Å². The van der Waals surface area contributed by atoms with E-state index in [0.717, 1.165) is 27.6 Å². The fourth-order valence-corrected chi connectivity index (χ4v) is 3.72. The Morgan fingerprint density at radius 1 is 1.08 bits per heavy atom. The molecule has 0 fully saturated rings. The van der Waals surface area contributed by atoms with Crippen molar-refractivity contribution in [1.29, 1.82) is 0 Å². The Bertz CT molecular complexity index is 1150. The maximum absolute atomic E-state index is 12.2. The average Bonchev–Trinajstić information content (AvgIpc) is 3.05. The summed E-state index contributed by atoms with van der Waals surface area (Å²) in [6, 6.07) is 15.3. The first kappa shape index (κ1) is 14.9. The van der Waals surface area contributed by atoms with E-state index in [2.05, 4.69) is 16.0 Å². The maximum Gasteiger partial charge on any atom is 0.240 e. The van der Waals surface area contributed by atoms with Crippen molar-refractivity contribution in [2.75, 3.05) is 4.90 Å². The first-order valence-corrected chi connectivity index (χ1v) is 8.47. The van der Waals surface area contributed by atoms with Gasteiger partial charge in [0.15, 0.2) is 11.4 Å². The molecule has 2 aromatic heterocycles. The molecule has 6 heteroatoms. The molecule has 26 heavy (non-hydrogen) atoms. The number of aromatic nitrogens is 2. The lowest BCUT2D eigenvalue weighted by atomic mass is 9.93. The van der Waals surface area contributed by atoms with Crippen LogP contribution in [0.4, 0.5) is 5.82 Å². The summed E-state index contributed by atoms with van der Waals surface area (Å²) in [6.45, 7) is 0.549. The molecule has 0 saturated heterocycles. The van der Waals surface area contributed by atoms with Crippen molar-refractivity contribution in [3.05, 3.63) is 66.0 Å². The van der Waals surface area contributed by atoms with Crippen LogP contribution in [0.15, 0.2) is 59.3 Å². The molecule has 5 rings (SSSR count). The number of rotatable bonds is 2. The Morgan fingerprint density at radius 2 is 1.85 bits per heavy atom. The van der Waals surface area contributed by atoms with E-state index in [1.807, 2.05) is 47.4 Å². The van der Waals surface area contributed by atoms with Gasteiger partial charge >= 0.3 is 0 Å². The number of fused-ring (bicyclic) bond motifs is 4. The average molecular weight is 344 g/mol. The SMILES string of the molecule is NC(=O)[C@@H]1Cc2ccccc2CN1c1ncnc2c1oc1ccccc12. The quantitative estimate of drug-likeness (QED) is 0.604. The number of furan rings is 1. The van der Waals surface area contributed by atoms with Crippen molar-refractivity contribution < 1.29 is 9.21 Å². The van der Waals surface area contributed by atoms with Gasteiger partial charge in [0, 0.05) is 18.4 Å². The van der Waals surface area contributed by atoms with Crippen LogP contribution in [0.3, 0.4) is 0 Å². The van der Waals surface area contributed by atoms with Crippen LogP contribution in [0, 0.1) is 0 Å². The zero-order valence-corrected chi connectivity index (χ0v) is 13.9. The van der Waals surface area contributed by atoms with Crippen molar-refractivity contribution in [3.63, 3.8) is 0 Å². The van der Waals surface area contributed by atoms with E-state index in [4.69, 9.17) is 10.2 Å². The summed E-state index contributed by atoms with van der Waals surface area (Å²) < 4.78 is 6.03. The summed E-state index contributed by atoms with van der Waals surface area (Å²) in [5, 5.41) is 0.930. The molecule has 2 aromatic carbocycles. The molecule has 4 aromatic rings. The zero-order valence-electron chi connectivity index (χ0n) is 13.9. The van der Waals surface area contributed by atoms with Gasteiger partial charge in [-0.15, -0.1) is 0 Å². The number of carbonyl (C=O) groups excluding carboxylic acids is 1. The summed E-state index contributed by atoms with van der Waals surface area (Å²) in [7, 11) is 0. The Hall–Kier alpha value is -3.41. The van der Waals surface area contributed by atoms with E-state index in [1.54, 1.807) is 0 Å². The van der Waals surface area contributed by atoms with Crippen LogP contribution in [0.5, 0.6) is 0 Å². The summed E-state index contributed by atoms with van der Waals surface area (Å²) in [5.41, 5.74) is 10.1. The lowest BCUT2D eigenvalue weighted by molar-refractivity contribution is -0.119. The number of nitrogens with two attached hydrogens (primary N) is 1. The molecular weight excluding hydrogens is 328 g/mol. The first-order valence-electron chi connectivity index (χ1n) is 8.47. The summed E-state index contributed by atoms with van der Waals surface area (Å²) in [5.74, 6) is 0.229. The van der Waals surface area contributed by atoms with Crippen LogP contribution in [0.25, 0.3) is 22.1 Å². The van der Waals surface area contributed by atoms with Gasteiger partial charge in [-0.1, -0.05) is 36.4 Å². The molecule has 6 nitrogen and oxygen atoms in total. The number of hydrogen-bond acceptors (Lipinski definition) is 5. The first-order chi connectivity index (χ1) is 12.7. The molecule has 1 amide bonds. The van der Waals surface area contributed by atoms with E-state index in [-0.39, 0.29) is 5.91 Å². The monoisotopic (exact) mass is 344 g/mol. The molecule has 0 saturated carbocycles. The normalized spacial score (nSPS) is 16.8. The van der Waals surface area contributed by atoms with Crippen LogP contribution in [-0.2, 0) is 17.8 Å². The van der Waals surface area contributed by atoms with Gasteiger partial charge in [-0.05, 0) is 23.3 Å². The van der Waals surface area contributed by atoms with Gasteiger partial charge in [-0.25, -0.2) is 9.97 Å². The van der Waals surface area contributed by atoms with Crippen molar-refractivity contribution in [1.82, 2.24) is 9.97 Å². The lowest BCUT2D eigenvalue weighted by Gasteiger charge is -2.35. The van der Waals surface area contributed by atoms with Gasteiger partial charge < -0.3 is 15.1 Å². The highest BCUT2D eigenvalue weighted by molar-refractivity contribution is 6.06. The number of anilines is 1. The fraction of sp³-hybridized carbons (Fsp3) is 0.150.